The quantitative estimate of drug-likeness (QED) is 0.508. The molecule has 3 aromatic rings. The highest BCUT2D eigenvalue weighted by atomic mass is 32.2. The third-order valence-corrected chi connectivity index (χ3v) is 7.44. The molecule has 1 saturated heterocycles. The Hall–Kier alpha value is -3.63. The lowest BCUT2D eigenvalue weighted by atomic mass is 10.1. The van der Waals surface area contributed by atoms with Crippen LogP contribution in [0.15, 0.2) is 70.2 Å². The predicted molar refractivity (Wildman–Crippen MR) is 125 cm³/mol. The molecule has 9 nitrogen and oxygen atoms in total. The van der Waals surface area contributed by atoms with Crippen LogP contribution in [0.1, 0.15) is 39.3 Å². The van der Waals surface area contributed by atoms with E-state index >= 15 is 0 Å². The Bertz CT molecular complexity index is 1280. The number of furan rings is 1. The van der Waals surface area contributed by atoms with Crippen LogP contribution in [0.5, 0.6) is 5.75 Å². The number of nitrogens with one attached hydrogen (secondary N) is 2. The molecule has 1 aliphatic rings. The van der Waals surface area contributed by atoms with Gasteiger partial charge in [-0.05, 0) is 55.3 Å². The summed E-state index contributed by atoms with van der Waals surface area (Å²) in [5.41, 5.74) is 0.579. The fraction of sp³-hybridized carbons (Fsp3) is 0.250. The highest BCUT2D eigenvalue weighted by Gasteiger charge is 2.29. The molecule has 2 heterocycles. The molecule has 1 fully saturated rings. The normalized spacial score (nSPS) is 14.0. The molecule has 34 heavy (non-hydrogen) atoms. The number of amides is 2. The van der Waals surface area contributed by atoms with E-state index in [2.05, 4.69) is 10.6 Å². The van der Waals surface area contributed by atoms with Crippen LogP contribution in [0.3, 0.4) is 0 Å². The van der Waals surface area contributed by atoms with E-state index in [1.807, 2.05) is 0 Å². The lowest BCUT2D eigenvalue weighted by Crippen LogP contribution is -2.28. The Morgan fingerprint density at radius 1 is 1.00 bits per heavy atom. The second kappa shape index (κ2) is 10.1. The number of methoxy groups -OCH3 is 1. The molecule has 0 bridgehead atoms. The van der Waals surface area contributed by atoms with Crippen LogP contribution in [0.25, 0.3) is 0 Å². The number of hydrogen-bond acceptors (Lipinski definition) is 6. The fourth-order valence-electron chi connectivity index (χ4n) is 3.76. The molecule has 0 radical (unpaired) electrons. The lowest BCUT2D eigenvalue weighted by molar-refractivity contribution is 0.0949. The zero-order valence-electron chi connectivity index (χ0n) is 18.6. The van der Waals surface area contributed by atoms with Gasteiger partial charge in [-0.1, -0.05) is 12.1 Å². The van der Waals surface area contributed by atoms with E-state index in [9.17, 15) is 18.0 Å². The number of carbonyl (C=O) groups is 2. The van der Waals surface area contributed by atoms with Gasteiger partial charge >= 0.3 is 0 Å². The fourth-order valence-corrected chi connectivity index (χ4v) is 5.30. The summed E-state index contributed by atoms with van der Waals surface area (Å²) in [5, 5.41) is 5.46. The van der Waals surface area contributed by atoms with E-state index < -0.39 is 21.8 Å². The van der Waals surface area contributed by atoms with Gasteiger partial charge in [-0.25, -0.2) is 8.42 Å². The van der Waals surface area contributed by atoms with Crippen molar-refractivity contribution >= 4 is 27.5 Å². The molecule has 2 amide bonds. The topological polar surface area (TPSA) is 118 Å². The Morgan fingerprint density at radius 2 is 1.76 bits per heavy atom. The summed E-state index contributed by atoms with van der Waals surface area (Å²) in [7, 11) is -2.32. The van der Waals surface area contributed by atoms with Crippen molar-refractivity contribution in [2.24, 2.45) is 0 Å². The van der Waals surface area contributed by atoms with Gasteiger partial charge in [0.1, 0.15) is 11.5 Å². The first kappa shape index (κ1) is 23.5. The Labute approximate surface area is 197 Å². The smallest absolute Gasteiger partial charge is 0.259 e. The second-order valence-electron chi connectivity index (χ2n) is 7.74. The highest BCUT2D eigenvalue weighted by molar-refractivity contribution is 7.89. The number of nitrogens with zero attached hydrogens (tertiary/aromatic N) is 1. The van der Waals surface area contributed by atoms with Crippen molar-refractivity contribution in [1.82, 2.24) is 9.62 Å². The summed E-state index contributed by atoms with van der Waals surface area (Å²) in [5.74, 6) is -0.181. The average Bonchev–Trinajstić information content (AvgIpc) is 3.57. The van der Waals surface area contributed by atoms with Crippen LogP contribution in [-0.4, -0.2) is 44.7 Å². The van der Waals surface area contributed by atoms with Crippen LogP contribution in [0, 0.1) is 0 Å². The highest BCUT2D eigenvalue weighted by Crippen LogP contribution is 2.27. The zero-order chi connectivity index (χ0) is 24.1. The van der Waals surface area contributed by atoms with Gasteiger partial charge in [0.2, 0.25) is 10.0 Å². The number of anilines is 1. The maximum Gasteiger partial charge on any atom is 0.259 e. The van der Waals surface area contributed by atoms with Crippen LogP contribution in [-0.2, 0) is 16.6 Å². The molecule has 10 heteroatoms. The maximum atomic E-state index is 13.2. The van der Waals surface area contributed by atoms with Crippen LogP contribution in [0.4, 0.5) is 5.69 Å². The second-order valence-corrected chi connectivity index (χ2v) is 9.67. The van der Waals surface area contributed by atoms with Gasteiger partial charge in [0.15, 0.2) is 0 Å². The maximum absolute atomic E-state index is 13.2. The van der Waals surface area contributed by atoms with Gasteiger partial charge in [-0.15, -0.1) is 0 Å². The summed E-state index contributed by atoms with van der Waals surface area (Å²) in [4.78, 5) is 25.9. The number of carbonyl (C=O) groups excluding carboxylic acids is 2. The minimum Gasteiger partial charge on any atom is -0.496 e. The standard InChI is InChI=1S/C24H25N3O6S/c1-32-22-11-10-18(34(30,31)27-12-4-5-13-27)15-20(22)24(29)26-21-9-3-2-8-19(21)23(28)25-16-17-7-6-14-33-17/h2-3,6-11,14-15H,4-5,12-13,16H2,1H3,(H,25,28)(H,26,29). The molecule has 1 aliphatic heterocycles. The monoisotopic (exact) mass is 483 g/mol. The van der Waals surface area contributed by atoms with Crippen molar-refractivity contribution in [1.29, 1.82) is 0 Å². The van der Waals surface area contributed by atoms with Gasteiger partial charge < -0.3 is 19.8 Å². The summed E-state index contributed by atoms with van der Waals surface area (Å²) >= 11 is 0. The Balaban J connectivity index is 1.57. The third-order valence-electron chi connectivity index (χ3n) is 5.54. The van der Waals surface area contributed by atoms with E-state index in [-0.39, 0.29) is 34.0 Å². The average molecular weight is 484 g/mol. The van der Waals surface area contributed by atoms with Gasteiger partial charge in [-0.3, -0.25) is 9.59 Å². The predicted octanol–water partition coefficient (Wildman–Crippen LogP) is 3.26. The lowest BCUT2D eigenvalue weighted by Gasteiger charge is -2.17. The number of hydrogen-bond donors (Lipinski definition) is 2. The number of ether oxygens (including phenoxy) is 1. The molecule has 0 spiro atoms. The van der Waals surface area contributed by atoms with E-state index in [0.29, 0.717) is 18.8 Å². The van der Waals surface area contributed by atoms with Gasteiger partial charge in [0.05, 0.1) is 41.6 Å². The van der Waals surface area contributed by atoms with Crippen molar-refractivity contribution in [3.05, 3.63) is 77.7 Å². The zero-order valence-corrected chi connectivity index (χ0v) is 19.4. The molecule has 2 aromatic carbocycles. The largest absolute Gasteiger partial charge is 0.496 e. The molecule has 0 saturated carbocycles. The molecule has 4 rings (SSSR count). The van der Waals surface area contributed by atoms with Crippen molar-refractivity contribution in [2.45, 2.75) is 24.3 Å². The SMILES string of the molecule is COc1ccc(S(=O)(=O)N2CCCC2)cc1C(=O)Nc1ccccc1C(=O)NCc1ccco1. The van der Waals surface area contributed by atoms with E-state index in [0.717, 1.165) is 12.8 Å². The number of rotatable bonds is 8. The minimum absolute atomic E-state index is 0.0184. The summed E-state index contributed by atoms with van der Waals surface area (Å²) in [6, 6.07) is 14.2. The van der Waals surface area contributed by atoms with Crippen molar-refractivity contribution in [2.75, 3.05) is 25.5 Å². The molecular formula is C24H25N3O6S. The van der Waals surface area contributed by atoms with Gasteiger partial charge in [0.25, 0.3) is 11.8 Å². The molecule has 2 N–H and O–H groups in total. The first-order valence-electron chi connectivity index (χ1n) is 10.8. The molecule has 0 aliphatic carbocycles. The first-order valence-corrected chi connectivity index (χ1v) is 12.2. The van der Waals surface area contributed by atoms with Crippen LogP contribution < -0.4 is 15.4 Å². The van der Waals surface area contributed by atoms with Crippen LogP contribution in [0.2, 0.25) is 0 Å². The summed E-state index contributed by atoms with van der Waals surface area (Å²) in [6.45, 7) is 1.10. The molecular weight excluding hydrogens is 458 g/mol. The number of benzene rings is 2. The summed E-state index contributed by atoms with van der Waals surface area (Å²) in [6.07, 6.45) is 3.13. The van der Waals surface area contributed by atoms with Gasteiger partial charge in [0, 0.05) is 13.1 Å². The Morgan fingerprint density at radius 3 is 2.47 bits per heavy atom. The summed E-state index contributed by atoms with van der Waals surface area (Å²) < 4.78 is 37.9. The molecule has 178 valence electrons. The van der Waals surface area contributed by atoms with Crippen molar-refractivity contribution in [3.8, 4) is 5.75 Å². The van der Waals surface area contributed by atoms with Gasteiger partial charge in [-0.2, -0.15) is 4.31 Å². The van der Waals surface area contributed by atoms with Crippen molar-refractivity contribution in [3.63, 3.8) is 0 Å². The van der Waals surface area contributed by atoms with E-state index in [4.69, 9.17) is 9.15 Å². The molecule has 0 unspecified atom stereocenters. The third kappa shape index (κ3) is 4.97. The van der Waals surface area contributed by atoms with E-state index in [1.54, 1.807) is 36.4 Å². The minimum atomic E-state index is -3.72. The van der Waals surface area contributed by atoms with Crippen molar-refractivity contribution < 1.29 is 27.2 Å². The van der Waals surface area contributed by atoms with E-state index in [1.165, 1.54) is 35.9 Å². The Kier molecular flexibility index (Phi) is 6.99. The molecule has 0 atom stereocenters. The number of para-hydroxylation sites is 1. The first-order chi connectivity index (χ1) is 16.4. The number of sulfonamides is 1. The van der Waals surface area contributed by atoms with Crippen LogP contribution >= 0.6 is 0 Å². The molecule has 1 aromatic heterocycles.